The maximum atomic E-state index is 13.5. The third-order valence-electron chi connectivity index (χ3n) is 2.74. The normalized spacial score (nSPS) is 10.1. The highest BCUT2D eigenvalue weighted by molar-refractivity contribution is 5.90. The highest BCUT2D eigenvalue weighted by atomic mass is 19.1. The van der Waals surface area contributed by atoms with E-state index in [1.54, 1.807) is 31.4 Å². The van der Waals surface area contributed by atoms with Gasteiger partial charge in [-0.2, -0.15) is 0 Å². The third-order valence-corrected chi connectivity index (χ3v) is 2.74. The predicted molar refractivity (Wildman–Crippen MR) is 72.9 cm³/mol. The molecule has 2 N–H and O–H groups in total. The van der Waals surface area contributed by atoms with E-state index < -0.39 is 11.8 Å². The summed E-state index contributed by atoms with van der Waals surface area (Å²) in [4.78, 5) is 11.8. The van der Waals surface area contributed by atoms with Crippen molar-refractivity contribution in [3.05, 3.63) is 59.4 Å². The average Bonchev–Trinajstić information content (AvgIpc) is 2.47. The van der Waals surface area contributed by atoms with Crippen LogP contribution >= 0.6 is 0 Å². The summed E-state index contributed by atoms with van der Waals surface area (Å²) in [5.41, 5.74) is 6.44. The van der Waals surface area contributed by atoms with Gasteiger partial charge in [-0.1, -0.05) is 12.1 Å². The van der Waals surface area contributed by atoms with Gasteiger partial charge in [0.25, 0.3) is 0 Å². The third kappa shape index (κ3) is 3.26. The summed E-state index contributed by atoms with van der Waals surface area (Å²) in [5.74, 6) is -0.688. The van der Waals surface area contributed by atoms with Crippen molar-refractivity contribution in [2.24, 2.45) is 0 Å². The number of nitrogen functional groups attached to an aromatic ring is 1. The lowest BCUT2D eigenvalue weighted by molar-refractivity contribution is 0.0467. The van der Waals surface area contributed by atoms with Crippen molar-refractivity contribution >= 4 is 11.7 Å². The summed E-state index contributed by atoms with van der Waals surface area (Å²) in [6.45, 7) is 0.0526. The number of rotatable bonds is 4. The zero-order valence-electron chi connectivity index (χ0n) is 10.9. The molecule has 0 aromatic heterocycles. The van der Waals surface area contributed by atoms with Crippen LogP contribution in [0.4, 0.5) is 10.1 Å². The van der Waals surface area contributed by atoms with Crippen LogP contribution < -0.4 is 10.5 Å². The van der Waals surface area contributed by atoms with E-state index in [2.05, 4.69) is 0 Å². The second-order valence-corrected chi connectivity index (χ2v) is 4.16. The Morgan fingerprint density at radius 3 is 2.55 bits per heavy atom. The minimum absolute atomic E-state index is 0.0526. The topological polar surface area (TPSA) is 61.5 Å². The molecule has 0 bridgehead atoms. The van der Waals surface area contributed by atoms with Gasteiger partial charge < -0.3 is 15.2 Å². The van der Waals surface area contributed by atoms with Crippen molar-refractivity contribution in [2.75, 3.05) is 12.8 Å². The summed E-state index contributed by atoms with van der Waals surface area (Å²) < 4.78 is 23.5. The Morgan fingerprint density at radius 1 is 1.20 bits per heavy atom. The minimum Gasteiger partial charge on any atom is -0.497 e. The van der Waals surface area contributed by atoms with Gasteiger partial charge in [0.05, 0.1) is 12.7 Å². The van der Waals surface area contributed by atoms with Crippen molar-refractivity contribution in [3.63, 3.8) is 0 Å². The molecular formula is C15H14FNO3. The van der Waals surface area contributed by atoms with Gasteiger partial charge in [-0.25, -0.2) is 9.18 Å². The first-order chi connectivity index (χ1) is 9.60. The second-order valence-electron chi connectivity index (χ2n) is 4.16. The number of methoxy groups -OCH3 is 1. The summed E-state index contributed by atoms with van der Waals surface area (Å²) >= 11 is 0. The van der Waals surface area contributed by atoms with E-state index in [4.69, 9.17) is 15.2 Å². The fourth-order valence-electron chi connectivity index (χ4n) is 1.65. The number of nitrogens with two attached hydrogens (primary N) is 1. The molecule has 0 radical (unpaired) electrons. The molecule has 0 saturated heterocycles. The smallest absolute Gasteiger partial charge is 0.341 e. The van der Waals surface area contributed by atoms with E-state index in [9.17, 15) is 9.18 Å². The van der Waals surface area contributed by atoms with Crippen molar-refractivity contribution < 1.29 is 18.7 Å². The van der Waals surface area contributed by atoms with E-state index in [-0.39, 0.29) is 12.2 Å². The molecule has 0 spiro atoms. The standard InChI is InChI=1S/C15H14FNO3/c1-19-12-5-2-10(3-6-12)9-20-15(18)13-8-11(17)4-7-14(13)16/h2-8H,9,17H2,1H3. The zero-order valence-corrected chi connectivity index (χ0v) is 10.9. The number of esters is 1. The fraction of sp³-hybridized carbons (Fsp3) is 0.133. The number of carbonyl (C=O) groups is 1. The Bertz CT molecular complexity index is 611. The molecule has 0 aliphatic heterocycles. The molecule has 0 aliphatic rings. The molecule has 0 heterocycles. The van der Waals surface area contributed by atoms with E-state index in [0.29, 0.717) is 11.4 Å². The monoisotopic (exact) mass is 275 g/mol. The fourth-order valence-corrected chi connectivity index (χ4v) is 1.65. The first kappa shape index (κ1) is 13.9. The van der Waals surface area contributed by atoms with Crippen LogP contribution in [0.15, 0.2) is 42.5 Å². The maximum absolute atomic E-state index is 13.5. The lowest BCUT2D eigenvalue weighted by atomic mass is 10.2. The van der Waals surface area contributed by atoms with Crippen LogP contribution in [0.1, 0.15) is 15.9 Å². The Hall–Kier alpha value is -2.56. The Kier molecular flexibility index (Phi) is 4.20. The first-order valence-electron chi connectivity index (χ1n) is 5.95. The van der Waals surface area contributed by atoms with Gasteiger partial charge in [0.15, 0.2) is 0 Å². The lowest BCUT2D eigenvalue weighted by Crippen LogP contribution is -2.08. The molecule has 0 fully saturated rings. The van der Waals surface area contributed by atoms with Gasteiger partial charge in [0, 0.05) is 5.69 Å². The first-order valence-corrected chi connectivity index (χ1v) is 5.95. The Labute approximate surface area is 115 Å². The molecular weight excluding hydrogens is 261 g/mol. The Balaban J connectivity index is 2.02. The number of hydrogen-bond acceptors (Lipinski definition) is 4. The molecule has 2 aromatic carbocycles. The van der Waals surface area contributed by atoms with Gasteiger partial charge in [-0.3, -0.25) is 0 Å². The van der Waals surface area contributed by atoms with Crippen molar-refractivity contribution in [1.82, 2.24) is 0 Å². The van der Waals surface area contributed by atoms with Gasteiger partial charge >= 0.3 is 5.97 Å². The highest BCUT2D eigenvalue weighted by Crippen LogP contribution is 2.15. The molecule has 5 heteroatoms. The molecule has 4 nitrogen and oxygen atoms in total. The summed E-state index contributed by atoms with van der Waals surface area (Å²) in [6, 6.07) is 10.8. The number of benzene rings is 2. The number of hydrogen-bond donors (Lipinski definition) is 1. The molecule has 2 aromatic rings. The van der Waals surface area contributed by atoms with E-state index in [0.717, 1.165) is 11.6 Å². The van der Waals surface area contributed by atoms with Crippen LogP contribution in [-0.4, -0.2) is 13.1 Å². The molecule has 0 unspecified atom stereocenters. The van der Waals surface area contributed by atoms with Crippen molar-refractivity contribution in [3.8, 4) is 5.75 Å². The molecule has 2 rings (SSSR count). The molecule has 0 aliphatic carbocycles. The van der Waals surface area contributed by atoms with E-state index in [1.165, 1.54) is 12.1 Å². The van der Waals surface area contributed by atoms with Crippen LogP contribution in [-0.2, 0) is 11.3 Å². The summed E-state index contributed by atoms with van der Waals surface area (Å²) in [5, 5.41) is 0. The summed E-state index contributed by atoms with van der Waals surface area (Å²) in [6.07, 6.45) is 0. The van der Waals surface area contributed by atoms with E-state index in [1.807, 2.05) is 0 Å². The molecule has 0 amide bonds. The molecule has 20 heavy (non-hydrogen) atoms. The zero-order chi connectivity index (χ0) is 14.5. The van der Waals surface area contributed by atoms with Crippen LogP contribution in [0, 0.1) is 5.82 Å². The molecule has 104 valence electrons. The Morgan fingerprint density at radius 2 is 1.90 bits per heavy atom. The molecule has 0 saturated carbocycles. The van der Waals surface area contributed by atoms with Crippen LogP contribution in [0.3, 0.4) is 0 Å². The number of anilines is 1. The van der Waals surface area contributed by atoms with Gasteiger partial charge in [-0.15, -0.1) is 0 Å². The van der Waals surface area contributed by atoms with Crippen molar-refractivity contribution in [1.29, 1.82) is 0 Å². The highest BCUT2D eigenvalue weighted by Gasteiger charge is 2.13. The lowest BCUT2D eigenvalue weighted by Gasteiger charge is -2.07. The van der Waals surface area contributed by atoms with E-state index >= 15 is 0 Å². The van der Waals surface area contributed by atoms with Crippen LogP contribution in [0.5, 0.6) is 5.75 Å². The van der Waals surface area contributed by atoms with Crippen LogP contribution in [0.25, 0.3) is 0 Å². The SMILES string of the molecule is COc1ccc(COC(=O)c2cc(N)ccc2F)cc1. The molecule has 0 atom stereocenters. The number of carbonyl (C=O) groups excluding carboxylic acids is 1. The number of halogens is 1. The summed E-state index contributed by atoms with van der Waals surface area (Å²) in [7, 11) is 1.57. The number of ether oxygens (including phenoxy) is 2. The minimum atomic E-state index is -0.745. The maximum Gasteiger partial charge on any atom is 0.341 e. The predicted octanol–water partition coefficient (Wildman–Crippen LogP) is 2.77. The quantitative estimate of drug-likeness (QED) is 0.688. The largest absolute Gasteiger partial charge is 0.497 e. The van der Waals surface area contributed by atoms with Gasteiger partial charge in [0.2, 0.25) is 0 Å². The van der Waals surface area contributed by atoms with Crippen molar-refractivity contribution in [2.45, 2.75) is 6.61 Å². The van der Waals surface area contributed by atoms with Crippen LogP contribution in [0.2, 0.25) is 0 Å². The van der Waals surface area contributed by atoms with Gasteiger partial charge in [0.1, 0.15) is 18.2 Å². The van der Waals surface area contributed by atoms with Gasteiger partial charge in [-0.05, 0) is 35.9 Å². The second kappa shape index (κ2) is 6.06. The average molecular weight is 275 g/mol.